The zero-order valence-corrected chi connectivity index (χ0v) is 18.0. The molecule has 4 heteroatoms. The van der Waals surface area contributed by atoms with Gasteiger partial charge in [0.25, 0.3) is 0 Å². The Kier molecular flexibility index (Phi) is 5.66. The van der Waals surface area contributed by atoms with Gasteiger partial charge in [0.05, 0.1) is 11.8 Å². The first kappa shape index (κ1) is 21.0. The van der Waals surface area contributed by atoms with Crippen molar-refractivity contribution in [3.05, 3.63) is 114 Å². The minimum Gasteiger partial charge on any atom is -0.481 e. The maximum absolute atomic E-state index is 13.6. The molecule has 0 amide bonds. The second kappa shape index (κ2) is 8.91. The van der Waals surface area contributed by atoms with Gasteiger partial charge in [0.15, 0.2) is 0 Å². The Labute approximate surface area is 192 Å². The Morgan fingerprint density at radius 3 is 2.39 bits per heavy atom. The van der Waals surface area contributed by atoms with Gasteiger partial charge in [-0.25, -0.2) is 0 Å². The van der Waals surface area contributed by atoms with E-state index in [1.165, 1.54) is 0 Å². The van der Waals surface area contributed by atoms with Crippen LogP contribution in [0.15, 0.2) is 109 Å². The number of ether oxygens (including phenoxy) is 1. The van der Waals surface area contributed by atoms with Crippen LogP contribution in [-0.4, -0.2) is 17.0 Å². The van der Waals surface area contributed by atoms with Gasteiger partial charge in [0.2, 0.25) is 0 Å². The van der Waals surface area contributed by atoms with Gasteiger partial charge in [-0.15, -0.1) is 0 Å². The zero-order chi connectivity index (χ0) is 22.8. The number of fused-ring (bicyclic) bond motifs is 1. The molecule has 0 aliphatic heterocycles. The number of carboxylic acids is 1. The van der Waals surface area contributed by atoms with Gasteiger partial charge in [0, 0.05) is 17.2 Å². The predicted octanol–water partition coefficient (Wildman–Crippen LogP) is 5.92. The van der Waals surface area contributed by atoms with E-state index in [9.17, 15) is 14.7 Å². The molecule has 0 saturated heterocycles. The van der Waals surface area contributed by atoms with Crippen molar-refractivity contribution in [2.45, 2.75) is 12.3 Å². The van der Waals surface area contributed by atoms with Gasteiger partial charge in [-0.3, -0.25) is 9.59 Å². The Morgan fingerprint density at radius 1 is 0.879 bits per heavy atom. The molecule has 0 bridgehead atoms. The smallest absolute Gasteiger partial charge is 0.315 e. The van der Waals surface area contributed by atoms with Crippen LogP contribution in [0.3, 0.4) is 0 Å². The molecule has 2 aliphatic carbocycles. The second-order valence-corrected chi connectivity index (χ2v) is 8.53. The number of esters is 1. The normalized spacial score (nSPS) is 25.0. The maximum Gasteiger partial charge on any atom is 0.315 e. The summed E-state index contributed by atoms with van der Waals surface area (Å²) >= 11 is 0. The van der Waals surface area contributed by atoms with Gasteiger partial charge in [-0.05, 0) is 29.0 Å². The Bertz CT molecular complexity index is 1280. The van der Waals surface area contributed by atoms with Crippen molar-refractivity contribution in [3.63, 3.8) is 0 Å². The highest BCUT2D eigenvalue weighted by Gasteiger charge is 2.57. The minimum atomic E-state index is -0.893. The molecule has 33 heavy (non-hydrogen) atoms. The quantitative estimate of drug-likeness (QED) is 0.398. The average Bonchev–Trinajstić information content (AvgIpc) is 2.83. The van der Waals surface area contributed by atoms with Crippen LogP contribution >= 0.6 is 0 Å². The number of benzene rings is 3. The molecule has 1 saturated carbocycles. The second-order valence-electron chi connectivity index (χ2n) is 8.53. The molecule has 3 aromatic rings. The van der Waals surface area contributed by atoms with E-state index in [4.69, 9.17) is 4.74 Å². The maximum atomic E-state index is 13.6. The van der Waals surface area contributed by atoms with E-state index in [1.54, 1.807) is 6.07 Å². The number of carbonyl (C=O) groups is 2. The van der Waals surface area contributed by atoms with Crippen molar-refractivity contribution in [3.8, 4) is 5.75 Å². The SMILES string of the molecule is O=C(O)C1C(C=C2C=CC=CC2)C(C(=O)Oc2cccc3ccccc23)C1c1ccccc1. The third-order valence-corrected chi connectivity index (χ3v) is 6.62. The lowest BCUT2D eigenvalue weighted by atomic mass is 9.54. The van der Waals surface area contributed by atoms with Gasteiger partial charge >= 0.3 is 11.9 Å². The molecule has 4 nitrogen and oxygen atoms in total. The van der Waals surface area contributed by atoms with Crippen LogP contribution in [0, 0.1) is 17.8 Å². The standard InChI is InChI=1S/C29H24O4/c30-28(31)26-23(18-19-10-3-1-4-11-19)27(25(26)21-13-5-2-6-14-21)29(32)33-24-17-9-15-20-12-7-8-16-22(20)24/h1-10,12-18,23,25-27H,11H2,(H,30,31). The molecule has 0 spiro atoms. The third-order valence-electron chi connectivity index (χ3n) is 6.62. The van der Waals surface area contributed by atoms with Crippen molar-refractivity contribution < 1.29 is 19.4 Å². The number of rotatable bonds is 5. The lowest BCUT2D eigenvalue weighted by Gasteiger charge is -2.47. The number of carboxylic acid groups (broad SMARTS) is 1. The molecule has 5 rings (SSSR count). The predicted molar refractivity (Wildman–Crippen MR) is 128 cm³/mol. The van der Waals surface area contributed by atoms with Crippen molar-refractivity contribution in [2.75, 3.05) is 0 Å². The van der Waals surface area contributed by atoms with Crippen molar-refractivity contribution in [1.82, 2.24) is 0 Å². The molecule has 3 aromatic carbocycles. The fourth-order valence-electron chi connectivity index (χ4n) is 5.06. The summed E-state index contributed by atoms with van der Waals surface area (Å²) in [7, 11) is 0. The summed E-state index contributed by atoms with van der Waals surface area (Å²) in [5.41, 5.74) is 1.86. The molecule has 4 unspecified atom stereocenters. The van der Waals surface area contributed by atoms with Crippen LogP contribution in [0.4, 0.5) is 0 Å². The largest absolute Gasteiger partial charge is 0.481 e. The summed E-state index contributed by atoms with van der Waals surface area (Å²) in [6, 6.07) is 22.8. The van der Waals surface area contributed by atoms with Crippen LogP contribution in [0.2, 0.25) is 0 Å². The van der Waals surface area contributed by atoms with Crippen LogP contribution < -0.4 is 4.74 Å². The number of hydrogen-bond donors (Lipinski definition) is 1. The van der Waals surface area contributed by atoms with E-state index in [-0.39, 0.29) is 0 Å². The van der Waals surface area contributed by atoms with Gasteiger partial charge in [-0.2, -0.15) is 0 Å². The fourth-order valence-corrected chi connectivity index (χ4v) is 5.06. The lowest BCUT2D eigenvalue weighted by Crippen LogP contribution is -2.53. The number of aliphatic carboxylic acids is 1. The highest BCUT2D eigenvalue weighted by molar-refractivity contribution is 5.92. The molecule has 0 heterocycles. The molecule has 1 fully saturated rings. The summed E-state index contributed by atoms with van der Waals surface area (Å²) in [6.07, 6.45) is 10.6. The summed E-state index contributed by atoms with van der Waals surface area (Å²) in [5, 5.41) is 11.9. The lowest BCUT2D eigenvalue weighted by molar-refractivity contribution is -0.160. The molecule has 0 radical (unpaired) electrons. The van der Waals surface area contributed by atoms with Crippen LogP contribution in [0.1, 0.15) is 17.9 Å². The summed E-state index contributed by atoms with van der Waals surface area (Å²) in [4.78, 5) is 25.9. The summed E-state index contributed by atoms with van der Waals surface area (Å²) < 4.78 is 5.94. The Hall–Kier alpha value is -3.92. The molecular weight excluding hydrogens is 412 g/mol. The van der Waals surface area contributed by atoms with Crippen molar-refractivity contribution in [1.29, 1.82) is 0 Å². The van der Waals surface area contributed by atoms with E-state index in [0.717, 1.165) is 28.3 Å². The van der Waals surface area contributed by atoms with E-state index < -0.39 is 35.6 Å². The van der Waals surface area contributed by atoms with Gasteiger partial charge < -0.3 is 9.84 Å². The molecule has 164 valence electrons. The fraction of sp³-hybridized carbons (Fsp3) is 0.172. The topological polar surface area (TPSA) is 63.6 Å². The first-order valence-electron chi connectivity index (χ1n) is 11.1. The van der Waals surface area contributed by atoms with Crippen LogP contribution in [0.25, 0.3) is 10.8 Å². The van der Waals surface area contributed by atoms with Crippen LogP contribution in [0.5, 0.6) is 5.75 Å². The zero-order valence-electron chi connectivity index (χ0n) is 18.0. The van der Waals surface area contributed by atoms with E-state index in [1.807, 2.05) is 97.1 Å². The highest BCUT2D eigenvalue weighted by atomic mass is 16.5. The summed E-state index contributed by atoms with van der Waals surface area (Å²) in [6.45, 7) is 0. The molecule has 1 N–H and O–H groups in total. The Morgan fingerprint density at radius 2 is 1.64 bits per heavy atom. The number of carbonyl (C=O) groups excluding carboxylic acids is 1. The minimum absolute atomic E-state index is 0.394. The average molecular weight is 437 g/mol. The monoisotopic (exact) mass is 436 g/mol. The molecular formula is C29H24O4. The van der Waals surface area contributed by atoms with Crippen LogP contribution in [-0.2, 0) is 9.59 Å². The molecule has 0 aromatic heterocycles. The number of hydrogen-bond acceptors (Lipinski definition) is 3. The first-order chi connectivity index (χ1) is 16.1. The highest BCUT2D eigenvalue weighted by Crippen LogP contribution is 2.54. The molecule has 4 atom stereocenters. The molecule has 2 aliphatic rings. The van der Waals surface area contributed by atoms with Gasteiger partial charge in [0.1, 0.15) is 5.75 Å². The van der Waals surface area contributed by atoms with E-state index in [0.29, 0.717) is 5.75 Å². The van der Waals surface area contributed by atoms with Crippen molar-refractivity contribution >= 4 is 22.7 Å². The first-order valence-corrected chi connectivity index (χ1v) is 11.1. The van der Waals surface area contributed by atoms with E-state index in [2.05, 4.69) is 0 Å². The van der Waals surface area contributed by atoms with Crippen molar-refractivity contribution in [2.24, 2.45) is 17.8 Å². The Balaban J connectivity index is 1.52. The summed E-state index contributed by atoms with van der Waals surface area (Å²) in [5.74, 6) is -2.96. The van der Waals surface area contributed by atoms with Gasteiger partial charge in [-0.1, -0.05) is 97.1 Å². The third kappa shape index (κ3) is 4.00. The van der Waals surface area contributed by atoms with E-state index >= 15 is 0 Å². The number of allylic oxidation sites excluding steroid dienone is 6.